The van der Waals surface area contributed by atoms with E-state index in [4.69, 9.17) is 14.2 Å². The molecule has 5 heteroatoms. The average molecular weight is 329 g/mol. The zero-order valence-electron chi connectivity index (χ0n) is 14.7. The van der Waals surface area contributed by atoms with Gasteiger partial charge >= 0.3 is 0 Å². The zero-order valence-corrected chi connectivity index (χ0v) is 14.7. The van der Waals surface area contributed by atoms with E-state index in [0.717, 1.165) is 22.4 Å². The Morgan fingerprint density at radius 2 is 1.75 bits per heavy atom. The highest BCUT2D eigenvalue weighted by atomic mass is 16.5. The van der Waals surface area contributed by atoms with Crippen molar-refractivity contribution in [3.05, 3.63) is 47.0 Å². The first kappa shape index (κ1) is 17.7. The van der Waals surface area contributed by atoms with Gasteiger partial charge in [0.2, 0.25) is 0 Å². The molecule has 0 bridgehead atoms. The lowest BCUT2D eigenvalue weighted by Crippen LogP contribution is -2.21. The Hall–Kier alpha value is -2.69. The summed E-state index contributed by atoms with van der Waals surface area (Å²) in [4.78, 5) is 12.2. The van der Waals surface area contributed by atoms with Crippen LogP contribution >= 0.6 is 0 Å². The van der Waals surface area contributed by atoms with Gasteiger partial charge in [-0.25, -0.2) is 0 Å². The fourth-order valence-electron chi connectivity index (χ4n) is 2.39. The predicted molar refractivity (Wildman–Crippen MR) is 94.3 cm³/mol. The van der Waals surface area contributed by atoms with E-state index in [2.05, 4.69) is 11.4 Å². The van der Waals surface area contributed by atoms with Crippen LogP contribution in [0.2, 0.25) is 0 Å². The van der Waals surface area contributed by atoms with Gasteiger partial charge in [0.1, 0.15) is 17.2 Å². The molecule has 2 rings (SSSR count). The fraction of sp³-hybridized carbons (Fsp3) is 0.316. The molecule has 1 amide bonds. The minimum atomic E-state index is -0.264. The van der Waals surface area contributed by atoms with E-state index in [-0.39, 0.29) is 12.5 Å². The first-order valence-corrected chi connectivity index (χ1v) is 7.67. The van der Waals surface area contributed by atoms with Crippen LogP contribution in [-0.4, -0.2) is 26.7 Å². The summed E-state index contributed by atoms with van der Waals surface area (Å²) >= 11 is 0. The Labute approximate surface area is 142 Å². The highest BCUT2D eigenvalue weighted by Crippen LogP contribution is 2.29. The molecule has 0 atom stereocenters. The summed E-state index contributed by atoms with van der Waals surface area (Å²) in [7, 11) is 3.12. The second-order valence-electron chi connectivity index (χ2n) is 5.61. The normalized spacial score (nSPS) is 10.2. The van der Waals surface area contributed by atoms with Crippen molar-refractivity contribution >= 4 is 11.6 Å². The molecule has 0 spiro atoms. The van der Waals surface area contributed by atoms with E-state index in [0.29, 0.717) is 17.2 Å². The van der Waals surface area contributed by atoms with Crippen LogP contribution in [0.4, 0.5) is 5.69 Å². The molecule has 0 radical (unpaired) electrons. The Morgan fingerprint density at radius 3 is 2.42 bits per heavy atom. The summed E-state index contributed by atoms with van der Waals surface area (Å²) in [5, 5.41) is 2.79. The molecule has 5 nitrogen and oxygen atoms in total. The van der Waals surface area contributed by atoms with Crippen molar-refractivity contribution < 1.29 is 19.0 Å². The fourth-order valence-corrected chi connectivity index (χ4v) is 2.39. The summed E-state index contributed by atoms with van der Waals surface area (Å²) in [6.07, 6.45) is 0. The van der Waals surface area contributed by atoms with E-state index < -0.39 is 0 Å². The molecule has 0 aliphatic heterocycles. The van der Waals surface area contributed by atoms with Gasteiger partial charge in [-0.1, -0.05) is 6.07 Å². The molecule has 128 valence electrons. The van der Waals surface area contributed by atoms with Crippen molar-refractivity contribution in [2.24, 2.45) is 0 Å². The molecule has 0 saturated carbocycles. The van der Waals surface area contributed by atoms with E-state index in [1.165, 1.54) is 0 Å². The number of nitrogens with one attached hydrogen (secondary N) is 1. The number of carbonyl (C=O) groups is 1. The summed E-state index contributed by atoms with van der Waals surface area (Å²) in [6.45, 7) is 5.92. The van der Waals surface area contributed by atoms with Crippen molar-refractivity contribution in [1.29, 1.82) is 0 Å². The van der Waals surface area contributed by atoms with E-state index >= 15 is 0 Å². The molecule has 0 fully saturated rings. The highest BCUT2D eigenvalue weighted by Gasteiger charge is 2.11. The maximum Gasteiger partial charge on any atom is 0.262 e. The van der Waals surface area contributed by atoms with Crippen LogP contribution in [0.5, 0.6) is 17.2 Å². The number of hydrogen-bond acceptors (Lipinski definition) is 4. The van der Waals surface area contributed by atoms with Crippen LogP contribution in [0.15, 0.2) is 30.3 Å². The second kappa shape index (κ2) is 7.73. The number of hydrogen-bond donors (Lipinski definition) is 1. The third-order valence-electron chi connectivity index (χ3n) is 3.80. The van der Waals surface area contributed by atoms with Crippen LogP contribution in [0.1, 0.15) is 16.7 Å². The number of amides is 1. The van der Waals surface area contributed by atoms with Gasteiger partial charge < -0.3 is 19.5 Å². The van der Waals surface area contributed by atoms with Gasteiger partial charge in [-0.15, -0.1) is 0 Å². The van der Waals surface area contributed by atoms with Crippen LogP contribution in [0.25, 0.3) is 0 Å². The Morgan fingerprint density at radius 1 is 1.00 bits per heavy atom. The lowest BCUT2D eigenvalue weighted by Gasteiger charge is -2.14. The average Bonchev–Trinajstić information content (AvgIpc) is 2.56. The van der Waals surface area contributed by atoms with Crippen molar-refractivity contribution in [2.75, 3.05) is 26.1 Å². The van der Waals surface area contributed by atoms with Crippen LogP contribution in [-0.2, 0) is 4.79 Å². The molecule has 24 heavy (non-hydrogen) atoms. The van der Waals surface area contributed by atoms with Gasteiger partial charge in [0.25, 0.3) is 5.91 Å². The number of ether oxygens (including phenoxy) is 3. The lowest BCUT2D eigenvalue weighted by molar-refractivity contribution is -0.118. The van der Waals surface area contributed by atoms with Crippen molar-refractivity contribution in [2.45, 2.75) is 20.8 Å². The van der Waals surface area contributed by atoms with Crippen LogP contribution in [0, 0.1) is 20.8 Å². The number of benzene rings is 2. The van der Waals surface area contributed by atoms with Crippen molar-refractivity contribution in [3.63, 3.8) is 0 Å². The zero-order chi connectivity index (χ0) is 17.7. The van der Waals surface area contributed by atoms with Gasteiger partial charge in [-0.2, -0.15) is 0 Å². The summed E-state index contributed by atoms with van der Waals surface area (Å²) in [6, 6.07) is 9.23. The van der Waals surface area contributed by atoms with Crippen molar-refractivity contribution in [3.8, 4) is 17.2 Å². The maximum absolute atomic E-state index is 12.2. The molecule has 0 aliphatic rings. The Bertz CT molecular complexity index is 740. The number of methoxy groups -OCH3 is 2. The smallest absolute Gasteiger partial charge is 0.262 e. The monoisotopic (exact) mass is 329 g/mol. The molecule has 2 aromatic rings. The van der Waals surface area contributed by atoms with Gasteiger partial charge in [0.05, 0.1) is 19.9 Å². The highest BCUT2D eigenvalue weighted by molar-refractivity contribution is 5.93. The number of anilines is 1. The van der Waals surface area contributed by atoms with Crippen molar-refractivity contribution in [1.82, 2.24) is 0 Å². The number of rotatable bonds is 6. The third-order valence-corrected chi connectivity index (χ3v) is 3.80. The van der Waals surface area contributed by atoms with E-state index in [1.807, 2.05) is 26.8 Å². The quantitative estimate of drug-likeness (QED) is 0.879. The minimum absolute atomic E-state index is 0.0793. The molecule has 0 heterocycles. The molecule has 0 saturated heterocycles. The summed E-state index contributed by atoms with van der Waals surface area (Å²) in [5.41, 5.74) is 3.82. The first-order chi connectivity index (χ1) is 11.4. The van der Waals surface area contributed by atoms with Crippen LogP contribution < -0.4 is 19.5 Å². The Balaban J connectivity index is 2.07. The van der Waals surface area contributed by atoms with E-state index in [1.54, 1.807) is 32.4 Å². The van der Waals surface area contributed by atoms with Gasteiger partial charge in [-0.3, -0.25) is 4.79 Å². The van der Waals surface area contributed by atoms with E-state index in [9.17, 15) is 4.79 Å². The Kier molecular flexibility index (Phi) is 5.68. The third kappa shape index (κ3) is 4.19. The predicted octanol–water partition coefficient (Wildman–Crippen LogP) is 3.65. The molecular weight excluding hydrogens is 306 g/mol. The molecule has 2 aromatic carbocycles. The van der Waals surface area contributed by atoms with Gasteiger partial charge in [0.15, 0.2) is 6.61 Å². The van der Waals surface area contributed by atoms with Crippen LogP contribution in [0.3, 0.4) is 0 Å². The van der Waals surface area contributed by atoms with Gasteiger partial charge in [-0.05, 0) is 55.7 Å². The topological polar surface area (TPSA) is 56.8 Å². The second-order valence-corrected chi connectivity index (χ2v) is 5.61. The number of carbonyl (C=O) groups excluding carboxylic acids is 1. The molecule has 0 aromatic heterocycles. The molecule has 1 N–H and O–H groups in total. The SMILES string of the molecule is COc1ccc(OC)c(NC(=O)COc2cc(C)cc(C)c2C)c1. The maximum atomic E-state index is 12.2. The molecule has 0 unspecified atom stereocenters. The number of aryl methyl sites for hydroxylation is 2. The summed E-state index contributed by atoms with van der Waals surface area (Å²) in [5.74, 6) is 1.66. The first-order valence-electron chi connectivity index (χ1n) is 7.67. The van der Waals surface area contributed by atoms with Gasteiger partial charge in [0, 0.05) is 6.07 Å². The standard InChI is InChI=1S/C19H23NO4/c1-12-8-13(2)14(3)18(9-12)24-11-19(21)20-16-10-15(22-4)6-7-17(16)23-5/h6-10H,11H2,1-5H3,(H,20,21). The lowest BCUT2D eigenvalue weighted by atomic mass is 10.1. The largest absolute Gasteiger partial charge is 0.497 e. The minimum Gasteiger partial charge on any atom is -0.497 e. The molecular formula is C19H23NO4. The summed E-state index contributed by atoms with van der Waals surface area (Å²) < 4.78 is 16.1. The molecule has 0 aliphatic carbocycles.